The fraction of sp³-hybridized carbons (Fsp3) is 1.00. The summed E-state index contributed by atoms with van der Waals surface area (Å²) in [6.07, 6.45) is 0. The summed E-state index contributed by atoms with van der Waals surface area (Å²) in [4.78, 5) is 0. The zero-order valence-electron chi connectivity index (χ0n) is 16.4. The van der Waals surface area contributed by atoms with Gasteiger partial charge in [0, 0.05) is 0 Å². The van der Waals surface area contributed by atoms with Gasteiger partial charge in [0.15, 0.2) is 0 Å². The number of hydrogen-bond acceptors (Lipinski definition) is 0. The Hall–Kier alpha value is 1.60. The zero-order chi connectivity index (χ0) is 19.2. The Bertz CT molecular complexity index is 192. The summed E-state index contributed by atoms with van der Waals surface area (Å²) in [5.74, 6) is 0. The molecule has 0 aromatic heterocycles. The Morgan fingerprint density at radius 1 is 0.435 bits per heavy atom. The topological polar surface area (TPSA) is 0 Å². The van der Waals surface area contributed by atoms with Crippen molar-refractivity contribution in [3.05, 3.63) is 0 Å². The summed E-state index contributed by atoms with van der Waals surface area (Å²) >= 11 is 0. The molecular formula is C16H40Cl4CuN2. The van der Waals surface area contributed by atoms with Gasteiger partial charge in [-0.1, -0.05) is 0 Å². The normalized spacial score (nSPS) is 12.7. The molecular weight excluding hydrogens is 426 g/mol. The molecule has 0 N–H and O–H groups in total. The van der Waals surface area contributed by atoms with E-state index in [-0.39, 0.29) is 0 Å². The van der Waals surface area contributed by atoms with Crippen LogP contribution in [0.4, 0.5) is 0 Å². The van der Waals surface area contributed by atoms with E-state index in [0.717, 1.165) is 0 Å². The molecule has 0 saturated heterocycles. The van der Waals surface area contributed by atoms with Crippen molar-refractivity contribution in [1.82, 2.24) is 0 Å². The molecule has 2 nitrogen and oxygen atoms in total. The fourth-order valence-corrected chi connectivity index (χ4v) is 2.68. The van der Waals surface area contributed by atoms with Crippen molar-refractivity contribution in [2.45, 2.75) is 55.4 Å². The summed E-state index contributed by atoms with van der Waals surface area (Å²) in [6, 6.07) is 0. The number of hydrogen-bond donors (Lipinski definition) is 0. The van der Waals surface area contributed by atoms with Gasteiger partial charge in [-0.3, -0.25) is 0 Å². The first-order valence-corrected chi connectivity index (χ1v) is 13.8. The molecule has 0 aliphatic heterocycles. The van der Waals surface area contributed by atoms with Crippen molar-refractivity contribution >= 4 is 40.4 Å². The van der Waals surface area contributed by atoms with Crippen LogP contribution >= 0.6 is 40.4 Å². The standard InChI is InChI=1S/2C8H20N.4ClH.Cu/c2*1-5-9(6-2,7-3)8-4;;;;;/h2*5-8H2,1-4H3;4*1H;/q2*+1;;;;;+2/p-4. The first-order chi connectivity index (χ1) is 10.5. The molecule has 0 bridgehead atoms. The van der Waals surface area contributed by atoms with Crippen LogP contribution in [0, 0.1) is 0 Å². The Kier molecular flexibility index (Phi) is 20.2. The summed E-state index contributed by atoms with van der Waals surface area (Å²) < 4.78 is 2.56. The van der Waals surface area contributed by atoms with E-state index in [0.29, 0.717) is 0 Å². The van der Waals surface area contributed by atoms with Gasteiger partial charge in [0.05, 0.1) is 52.4 Å². The van der Waals surface area contributed by atoms with E-state index in [2.05, 4.69) is 55.4 Å². The van der Waals surface area contributed by atoms with Crippen LogP contribution in [0.25, 0.3) is 0 Å². The van der Waals surface area contributed by atoms with Gasteiger partial charge in [0.1, 0.15) is 0 Å². The third kappa shape index (κ3) is 16.8. The van der Waals surface area contributed by atoms with Crippen molar-refractivity contribution in [2.75, 3.05) is 52.4 Å². The quantitative estimate of drug-likeness (QED) is 0.283. The Morgan fingerprint density at radius 2 is 0.522 bits per heavy atom. The van der Waals surface area contributed by atoms with E-state index >= 15 is 0 Å². The van der Waals surface area contributed by atoms with Gasteiger partial charge in [-0.25, -0.2) is 0 Å². The van der Waals surface area contributed by atoms with Crippen LogP contribution in [0.2, 0.25) is 0 Å². The molecule has 0 spiro atoms. The Morgan fingerprint density at radius 3 is 0.522 bits per heavy atom. The molecule has 7 heteroatoms. The van der Waals surface area contributed by atoms with Crippen LogP contribution in [0.15, 0.2) is 0 Å². The van der Waals surface area contributed by atoms with Gasteiger partial charge in [-0.2, -0.15) is 0 Å². The van der Waals surface area contributed by atoms with E-state index in [4.69, 9.17) is 40.4 Å². The maximum atomic E-state index is 4.90. The molecule has 0 atom stereocenters. The minimum absolute atomic E-state index is 1.28. The molecule has 0 aromatic carbocycles. The number of rotatable bonds is 8. The van der Waals surface area contributed by atoms with Crippen LogP contribution in [0.5, 0.6) is 0 Å². The third-order valence-electron chi connectivity index (χ3n) is 5.37. The molecule has 0 radical (unpaired) electrons. The molecule has 0 rings (SSSR count). The summed E-state index contributed by atoms with van der Waals surface area (Å²) in [5.41, 5.74) is 0. The Labute approximate surface area is 165 Å². The summed E-state index contributed by atoms with van der Waals surface area (Å²) in [6.45, 7) is 28.4. The predicted molar refractivity (Wildman–Crippen MR) is 108 cm³/mol. The van der Waals surface area contributed by atoms with E-state index in [1.54, 1.807) is 0 Å². The Balaban J connectivity index is -0.000000273. The third-order valence-corrected chi connectivity index (χ3v) is 5.37. The number of quaternary nitrogens is 2. The van der Waals surface area contributed by atoms with Crippen LogP contribution in [0.1, 0.15) is 55.4 Å². The van der Waals surface area contributed by atoms with E-state index < -0.39 is 9.20 Å². The first kappa shape index (κ1) is 29.4. The molecule has 0 aliphatic rings. The van der Waals surface area contributed by atoms with Crippen molar-refractivity contribution in [3.63, 3.8) is 0 Å². The van der Waals surface area contributed by atoms with Crippen molar-refractivity contribution in [3.8, 4) is 0 Å². The van der Waals surface area contributed by atoms with Crippen LogP contribution in [-0.4, -0.2) is 61.3 Å². The molecule has 0 heterocycles. The van der Waals surface area contributed by atoms with Crippen LogP contribution < -0.4 is 0 Å². The van der Waals surface area contributed by atoms with E-state index in [9.17, 15) is 0 Å². The molecule has 23 heavy (non-hydrogen) atoms. The summed E-state index contributed by atoms with van der Waals surface area (Å²) in [7, 11) is 17.4. The van der Waals surface area contributed by atoms with Gasteiger partial charge >= 0.3 is 49.6 Å². The summed E-state index contributed by atoms with van der Waals surface area (Å²) in [5, 5.41) is 0. The van der Waals surface area contributed by atoms with E-state index in [1.165, 1.54) is 61.3 Å². The molecule has 0 aromatic rings. The average molecular weight is 466 g/mol. The monoisotopic (exact) mass is 463 g/mol. The molecule has 0 aliphatic carbocycles. The van der Waals surface area contributed by atoms with Gasteiger partial charge in [0.25, 0.3) is 0 Å². The van der Waals surface area contributed by atoms with Crippen LogP contribution in [-0.2, 0) is 9.20 Å². The van der Waals surface area contributed by atoms with Crippen molar-refractivity contribution < 1.29 is 18.2 Å². The van der Waals surface area contributed by atoms with Gasteiger partial charge in [0.2, 0.25) is 0 Å². The minimum atomic E-state index is -2.24. The van der Waals surface area contributed by atoms with Crippen molar-refractivity contribution in [2.24, 2.45) is 0 Å². The van der Waals surface area contributed by atoms with Gasteiger partial charge in [-0.05, 0) is 55.4 Å². The fourth-order valence-electron chi connectivity index (χ4n) is 2.68. The zero-order valence-corrected chi connectivity index (χ0v) is 20.3. The molecule has 153 valence electrons. The van der Waals surface area contributed by atoms with Gasteiger partial charge in [-0.15, -0.1) is 0 Å². The van der Waals surface area contributed by atoms with Crippen LogP contribution in [0.3, 0.4) is 0 Å². The molecule has 0 fully saturated rings. The predicted octanol–water partition coefficient (Wildman–Crippen LogP) is 6.52. The number of halogens is 4. The second-order valence-electron chi connectivity index (χ2n) is 5.47. The van der Waals surface area contributed by atoms with Crippen molar-refractivity contribution in [1.29, 1.82) is 0 Å². The maximum absolute atomic E-state index is 4.90. The average Bonchev–Trinajstić information content (AvgIpc) is 2.52. The molecule has 0 saturated carbocycles. The molecule has 0 amide bonds. The second-order valence-corrected chi connectivity index (χ2v) is 14.8. The SMILES string of the molecule is CC[N+](CC)(CC)CC.CC[N+](CC)(CC)CC.[Cl][Cu-2]([Cl])([Cl])[Cl]. The molecule has 0 unspecified atom stereocenters. The van der Waals surface area contributed by atoms with Gasteiger partial charge < -0.3 is 8.97 Å². The number of nitrogens with zero attached hydrogens (tertiary/aromatic N) is 2. The second kappa shape index (κ2) is 15.8. The first-order valence-electron chi connectivity index (χ1n) is 8.64. The van der Waals surface area contributed by atoms with E-state index in [1.807, 2.05) is 0 Å².